The van der Waals surface area contributed by atoms with Crippen LogP contribution < -0.4 is 0 Å². The van der Waals surface area contributed by atoms with Crippen molar-refractivity contribution in [3.63, 3.8) is 0 Å². The molecule has 0 aliphatic carbocycles. The van der Waals surface area contributed by atoms with Crippen molar-refractivity contribution >= 4 is 81.4 Å². The van der Waals surface area contributed by atoms with E-state index in [2.05, 4.69) is 197 Å². The zero-order valence-corrected chi connectivity index (χ0v) is 32.7. The zero-order chi connectivity index (χ0) is 39.0. The number of benzene rings is 9. The third-order valence-corrected chi connectivity index (χ3v) is 13.2. The summed E-state index contributed by atoms with van der Waals surface area (Å²) >= 11 is 1.86. The summed E-state index contributed by atoms with van der Waals surface area (Å²) in [5.74, 6) is 0. The number of para-hydroxylation sites is 3. The highest BCUT2D eigenvalue weighted by Gasteiger charge is 2.18. The number of aromatic nitrogens is 2. The molecule has 9 aromatic carbocycles. The number of rotatable bonds is 6. The van der Waals surface area contributed by atoms with Crippen LogP contribution in [0, 0.1) is 0 Å². The van der Waals surface area contributed by atoms with Gasteiger partial charge in [0.15, 0.2) is 0 Å². The van der Waals surface area contributed by atoms with Crippen LogP contribution in [0.25, 0.3) is 109 Å². The summed E-state index contributed by atoms with van der Waals surface area (Å²) in [6.45, 7) is 0. The van der Waals surface area contributed by atoms with E-state index in [9.17, 15) is 4.79 Å². The highest BCUT2D eigenvalue weighted by molar-refractivity contribution is 7.26. The number of nitrogens with zero attached hydrogens (tertiary/aromatic N) is 2. The van der Waals surface area contributed by atoms with Gasteiger partial charge in [-0.15, -0.1) is 11.3 Å². The predicted molar refractivity (Wildman–Crippen MR) is 250 cm³/mol. The molecule has 59 heavy (non-hydrogen) atoms. The van der Waals surface area contributed by atoms with E-state index in [0.717, 1.165) is 56.5 Å². The molecule has 0 atom stereocenters. The fourth-order valence-corrected chi connectivity index (χ4v) is 10.5. The number of carbonyl (C=O) groups is 1. The Bertz CT molecular complexity index is 3630. The van der Waals surface area contributed by atoms with Gasteiger partial charge in [0, 0.05) is 58.7 Å². The highest BCUT2D eigenvalue weighted by Crippen LogP contribution is 2.43. The maximum Gasteiger partial charge on any atom is 0.150 e. The first-order valence-electron chi connectivity index (χ1n) is 19.9. The van der Waals surface area contributed by atoms with Crippen LogP contribution in [-0.4, -0.2) is 15.4 Å². The fourth-order valence-electron chi connectivity index (χ4n) is 9.26. The van der Waals surface area contributed by atoms with Gasteiger partial charge in [0.1, 0.15) is 6.29 Å². The standard InChI is InChI=1S/C55H34N2OS/c58-34-35-28-39(36-23-26-51-48(31-36)44-16-7-9-20-50(44)56(51)41-12-3-1-4-13-41)30-40(29-35)37-24-27-52-49(32-37)45-25-22-38(33-53(45)57(52)42-14-5-2-6-15-42)43-18-11-19-47-46-17-8-10-21-54(46)59-55(43)47/h1-34H. The number of hydrogen-bond acceptors (Lipinski definition) is 2. The Labute approximate surface area is 344 Å². The van der Waals surface area contributed by atoms with Crippen molar-refractivity contribution in [1.29, 1.82) is 0 Å². The van der Waals surface area contributed by atoms with Gasteiger partial charge < -0.3 is 9.13 Å². The van der Waals surface area contributed by atoms with Gasteiger partial charge in [-0.2, -0.15) is 0 Å². The topological polar surface area (TPSA) is 26.9 Å². The lowest BCUT2D eigenvalue weighted by atomic mass is 9.94. The van der Waals surface area contributed by atoms with E-state index in [1.165, 1.54) is 58.4 Å². The van der Waals surface area contributed by atoms with Gasteiger partial charge in [0.05, 0.1) is 22.1 Å². The smallest absolute Gasteiger partial charge is 0.150 e. The minimum Gasteiger partial charge on any atom is -0.309 e. The minimum absolute atomic E-state index is 0.649. The molecule has 3 heterocycles. The van der Waals surface area contributed by atoms with E-state index in [-0.39, 0.29) is 0 Å². The molecule has 0 saturated heterocycles. The Kier molecular flexibility index (Phi) is 7.56. The van der Waals surface area contributed by atoms with E-state index in [1.807, 2.05) is 23.5 Å². The summed E-state index contributed by atoms with van der Waals surface area (Å²) in [6, 6.07) is 71.7. The van der Waals surface area contributed by atoms with Crippen LogP contribution in [0.4, 0.5) is 0 Å². The molecule has 4 heteroatoms. The van der Waals surface area contributed by atoms with Crippen molar-refractivity contribution in [1.82, 2.24) is 9.13 Å². The van der Waals surface area contributed by atoms with Gasteiger partial charge in [-0.25, -0.2) is 0 Å². The molecule has 0 saturated carbocycles. The molecule has 0 N–H and O–H groups in total. The average Bonchev–Trinajstić information content (AvgIpc) is 3.96. The molecule has 12 aromatic rings. The summed E-state index contributed by atoms with van der Waals surface area (Å²) in [5.41, 5.74) is 14.1. The maximum atomic E-state index is 12.5. The first kappa shape index (κ1) is 33.6. The average molecular weight is 771 g/mol. The summed E-state index contributed by atoms with van der Waals surface area (Å²) < 4.78 is 7.33. The summed E-state index contributed by atoms with van der Waals surface area (Å²) in [7, 11) is 0. The molecule has 3 nitrogen and oxygen atoms in total. The Balaban J connectivity index is 1.02. The van der Waals surface area contributed by atoms with Gasteiger partial charge in [-0.1, -0.05) is 115 Å². The largest absolute Gasteiger partial charge is 0.309 e. The van der Waals surface area contributed by atoms with E-state index < -0.39 is 0 Å². The number of fused-ring (bicyclic) bond motifs is 9. The van der Waals surface area contributed by atoms with Gasteiger partial charge in [-0.05, 0) is 118 Å². The molecule has 12 rings (SSSR count). The quantitative estimate of drug-likeness (QED) is 0.155. The Morgan fingerprint density at radius 3 is 1.58 bits per heavy atom. The molecule has 276 valence electrons. The van der Waals surface area contributed by atoms with Crippen LogP contribution in [0.1, 0.15) is 10.4 Å². The number of thiophene rings is 1. The maximum absolute atomic E-state index is 12.5. The predicted octanol–water partition coefficient (Wildman–Crippen LogP) is 15.1. The SMILES string of the molecule is O=Cc1cc(-c2ccc3c(c2)c2ccccc2n3-c2ccccc2)cc(-c2ccc3c(c2)c2ccc(-c4cccc5c4sc4ccccc45)cc2n3-c2ccccc2)c1. The molecular formula is C55H34N2OS. The van der Waals surface area contributed by atoms with Crippen LogP contribution in [0.5, 0.6) is 0 Å². The zero-order valence-electron chi connectivity index (χ0n) is 31.8. The molecule has 0 unspecified atom stereocenters. The first-order valence-corrected chi connectivity index (χ1v) is 20.8. The third kappa shape index (κ3) is 5.31. The van der Waals surface area contributed by atoms with Crippen molar-refractivity contribution in [2.45, 2.75) is 0 Å². The van der Waals surface area contributed by atoms with Crippen LogP contribution in [0.15, 0.2) is 200 Å². The Morgan fingerprint density at radius 1 is 0.356 bits per heavy atom. The fraction of sp³-hybridized carbons (Fsp3) is 0. The highest BCUT2D eigenvalue weighted by atomic mass is 32.1. The lowest BCUT2D eigenvalue weighted by molar-refractivity contribution is 0.112. The van der Waals surface area contributed by atoms with Gasteiger partial charge in [0.2, 0.25) is 0 Å². The van der Waals surface area contributed by atoms with E-state index in [0.29, 0.717) is 5.56 Å². The van der Waals surface area contributed by atoms with E-state index >= 15 is 0 Å². The molecule has 0 spiro atoms. The Morgan fingerprint density at radius 2 is 0.898 bits per heavy atom. The van der Waals surface area contributed by atoms with Crippen molar-refractivity contribution in [3.8, 4) is 44.8 Å². The normalized spacial score (nSPS) is 11.8. The van der Waals surface area contributed by atoms with Crippen LogP contribution in [0.3, 0.4) is 0 Å². The Hall–Kier alpha value is -7.53. The molecule has 0 aliphatic heterocycles. The van der Waals surface area contributed by atoms with Crippen LogP contribution in [-0.2, 0) is 0 Å². The molecular weight excluding hydrogens is 737 g/mol. The second kappa shape index (κ2) is 13.3. The lowest BCUT2D eigenvalue weighted by Gasteiger charge is -2.11. The minimum atomic E-state index is 0.649. The van der Waals surface area contributed by atoms with Gasteiger partial charge in [0.25, 0.3) is 0 Å². The molecule has 3 aromatic heterocycles. The second-order valence-corrected chi connectivity index (χ2v) is 16.3. The summed E-state index contributed by atoms with van der Waals surface area (Å²) in [6.07, 6.45) is 0.964. The molecule has 0 fully saturated rings. The van der Waals surface area contributed by atoms with E-state index in [4.69, 9.17) is 0 Å². The number of aldehydes is 1. The number of carbonyl (C=O) groups excluding carboxylic acids is 1. The van der Waals surface area contributed by atoms with Crippen LogP contribution >= 0.6 is 11.3 Å². The van der Waals surface area contributed by atoms with Gasteiger partial charge in [-0.3, -0.25) is 4.79 Å². The number of hydrogen-bond donors (Lipinski definition) is 0. The first-order chi connectivity index (χ1) is 29.2. The monoisotopic (exact) mass is 770 g/mol. The molecule has 0 radical (unpaired) electrons. The van der Waals surface area contributed by atoms with Gasteiger partial charge >= 0.3 is 0 Å². The third-order valence-electron chi connectivity index (χ3n) is 11.9. The molecule has 0 amide bonds. The second-order valence-electron chi connectivity index (χ2n) is 15.3. The van der Waals surface area contributed by atoms with E-state index in [1.54, 1.807) is 0 Å². The summed E-state index contributed by atoms with van der Waals surface area (Å²) in [4.78, 5) is 12.5. The summed E-state index contributed by atoms with van der Waals surface area (Å²) in [5, 5.41) is 7.33. The van der Waals surface area contributed by atoms with Crippen molar-refractivity contribution < 1.29 is 4.79 Å². The van der Waals surface area contributed by atoms with Crippen molar-refractivity contribution in [3.05, 3.63) is 206 Å². The van der Waals surface area contributed by atoms with Crippen molar-refractivity contribution in [2.24, 2.45) is 0 Å². The molecule has 0 aliphatic rings. The van der Waals surface area contributed by atoms with Crippen LogP contribution in [0.2, 0.25) is 0 Å². The molecule has 0 bridgehead atoms. The lowest BCUT2D eigenvalue weighted by Crippen LogP contribution is -1.93. The van der Waals surface area contributed by atoms with Crippen molar-refractivity contribution in [2.75, 3.05) is 0 Å².